The average Bonchev–Trinajstić information content (AvgIpc) is 2.60. The number of ether oxygens (including phenoxy) is 1. The van der Waals surface area contributed by atoms with Crippen LogP contribution < -0.4 is 4.74 Å². The number of hydrogen-bond donors (Lipinski definition) is 0. The highest BCUT2D eigenvalue weighted by Crippen LogP contribution is 2.60. The molecule has 0 aliphatic heterocycles. The maximum atomic E-state index is 13.5. The molecule has 0 spiro atoms. The number of alkyl halides is 13. The predicted octanol–water partition coefficient (Wildman–Crippen LogP) is 6.07. The van der Waals surface area contributed by atoms with E-state index in [9.17, 15) is 57.1 Å². The molecule has 170 valence electrons. The lowest BCUT2D eigenvalue weighted by Crippen LogP contribution is -2.70. The summed E-state index contributed by atoms with van der Waals surface area (Å²) in [5.41, 5.74) is 0.0479. The molecule has 0 atom stereocenters. The van der Waals surface area contributed by atoms with E-state index in [0.29, 0.717) is 0 Å². The Morgan fingerprint density at radius 2 is 1.10 bits per heavy atom. The van der Waals surface area contributed by atoms with Gasteiger partial charge in [0.15, 0.2) is 0 Å². The second-order valence-corrected chi connectivity index (χ2v) is 5.73. The first kappa shape index (κ1) is 25.6. The summed E-state index contributed by atoms with van der Waals surface area (Å²) in [6, 6.07) is 5.69. The first-order chi connectivity index (χ1) is 13.3. The Kier molecular flexibility index (Phi) is 6.57. The van der Waals surface area contributed by atoms with E-state index in [1.54, 1.807) is 6.07 Å². The van der Waals surface area contributed by atoms with Gasteiger partial charge in [0.25, 0.3) is 0 Å². The van der Waals surface area contributed by atoms with E-state index in [2.05, 4.69) is 4.74 Å². The van der Waals surface area contributed by atoms with Crippen LogP contribution in [0.2, 0.25) is 0 Å². The molecule has 1 aromatic carbocycles. The number of halogens is 13. The normalized spacial score (nSPS) is 14.4. The van der Waals surface area contributed by atoms with Gasteiger partial charge in [-0.2, -0.15) is 62.3 Å². The van der Waals surface area contributed by atoms with E-state index >= 15 is 0 Å². The number of hydrogen-bond acceptors (Lipinski definition) is 2. The second kappa shape index (κ2) is 7.69. The molecule has 1 rings (SSSR count). The van der Waals surface area contributed by atoms with Crippen LogP contribution in [0.15, 0.2) is 24.3 Å². The third-order valence-corrected chi connectivity index (χ3v) is 3.67. The minimum atomic E-state index is -7.92. The Morgan fingerprint density at radius 3 is 1.50 bits per heavy atom. The van der Waals surface area contributed by atoms with E-state index in [1.165, 1.54) is 0 Å². The molecule has 0 heterocycles. The molecule has 0 fully saturated rings. The summed E-state index contributed by atoms with van der Waals surface area (Å²) in [7, 11) is 0. The summed E-state index contributed by atoms with van der Waals surface area (Å²) < 4.78 is 172. The van der Waals surface area contributed by atoms with Crippen molar-refractivity contribution in [3.8, 4) is 11.8 Å². The standard InChI is InChI=1S/C15H8F13NO/c16-10(17,5-6-30-9-3-1-8(7-29)2-4-9)11(18,19)12(20,21)13(22,23)14(24,25)15(26,27)28/h1-4H,5-6H2. The molecule has 0 aromatic heterocycles. The van der Waals surface area contributed by atoms with Gasteiger partial charge in [-0.1, -0.05) is 0 Å². The highest BCUT2D eigenvalue weighted by Gasteiger charge is 2.90. The van der Waals surface area contributed by atoms with Crippen LogP contribution in [-0.2, 0) is 0 Å². The van der Waals surface area contributed by atoms with E-state index in [-0.39, 0.29) is 11.3 Å². The van der Waals surface area contributed by atoms with E-state index in [4.69, 9.17) is 5.26 Å². The van der Waals surface area contributed by atoms with Crippen molar-refractivity contribution in [1.82, 2.24) is 0 Å². The van der Waals surface area contributed by atoms with Gasteiger partial charge in [-0.25, -0.2) is 0 Å². The smallest absolute Gasteiger partial charge is 0.460 e. The van der Waals surface area contributed by atoms with Gasteiger partial charge >= 0.3 is 35.8 Å². The molecule has 0 saturated heterocycles. The van der Waals surface area contributed by atoms with Crippen LogP contribution in [-0.4, -0.2) is 42.4 Å². The summed E-state index contributed by atoms with van der Waals surface area (Å²) in [6.45, 7) is -1.55. The van der Waals surface area contributed by atoms with Gasteiger partial charge in [0, 0.05) is 0 Å². The molecule has 1 aromatic rings. The topological polar surface area (TPSA) is 33.0 Å². The maximum absolute atomic E-state index is 13.5. The lowest BCUT2D eigenvalue weighted by Gasteiger charge is -2.39. The number of nitrogens with zero attached hydrogens (tertiary/aromatic N) is 1. The van der Waals surface area contributed by atoms with Gasteiger partial charge in [-0.3, -0.25) is 0 Å². The zero-order chi connectivity index (χ0) is 23.8. The zero-order valence-electron chi connectivity index (χ0n) is 14.0. The van der Waals surface area contributed by atoms with Gasteiger partial charge in [0.2, 0.25) is 0 Å². The molecule has 30 heavy (non-hydrogen) atoms. The summed E-state index contributed by atoms with van der Waals surface area (Å²) in [6.07, 6.45) is -9.90. The average molecular weight is 465 g/mol. The molecule has 0 saturated carbocycles. The molecule has 0 radical (unpaired) electrons. The maximum Gasteiger partial charge on any atom is 0.460 e. The van der Waals surface area contributed by atoms with E-state index < -0.39 is 48.8 Å². The van der Waals surface area contributed by atoms with Crippen LogP contribution in [0, 0.1) is 11.3 Å². The highest BCUT2D eigenvalue weighted by molar-refractivity contribution is 5.34. The Bertz CT molecular complexity index is 777. The largest absolute Gasteiger partial charge is 0.493 e. The minimum Gasteiger partial charge on any atom is -0.493 e. The molecule has 0 bridgehead atoms. The van der Waals surface area contributed by atoms with Crippen LogP contribution >= 0.6 is 0 Å². The third-order valence-electron chi connectivity index (χ3n) is 3.67. The molecular formula is C15H8F13NO. The second-order valence-electron chi connectivity index (χ2n) is 5.73. The first-order valence-electron chi connectivity index (χ1n) is 7.35. The molecule has 0 N–H and O–H groups in total. The number of nitriles is 1. The SMILES string of the molecule is N#Cc1ccc(OCCC(F)(F)C(F)(F)C(F)(F)C(F)(F)C(F)(F)C(F)(F)F)cc1. The Morgan fingerprint density at radius 1 is 0.667 bits per heavy atom. The summed E-state index contributed by atoms with van der Waals surface area (Å²) >= 11 is 0. The fourth-order valence-electron chi connectivity index (χ4n) is 1.88. The van der Waals surface area contributed by atoms with Crippen molar-refractivity contribution in [3.05, 3.63) is 29.8 Å². The van der Waals surface area contributed by atoms with Gasteiger partial charge in [0.05, 0.1) is 24.7 Å². The predicted molar refractivity (Wildman–Crippen MR) is 72.1 cm³/mol. The Balaban J connectivity index is 3.08. The van der Waals surface area contributed by atoms with Gasteiger partial charge in [-0.15, -0.1) is 0 Å². The highest BCUT2D eigenvalue weighted by atomic mass is 19.4. The van der Waals surface area contributed by atoms with Crippen molar-refractivity contribution < 1.29 is 61.8 Å². The summed E-state index contributed by atoms with van der Waals surface area (Å²) in [5.74, 6) is -37.3. The van der Waals surface area contributed by atoms with Gasteiger partial charge in [0.1, 0.15) is 5.75 Å². The lowest BCUT2D eigenvalue weighted by atomic mass is 9.93. The fraction of sp³-hybridized carbons (Fsp3) is 0.533. The van der Waals surface area contributed by atoms with Gasteiger partial charge in [-0.05, 0) is 24.3 Å². The summed E-state index contributed by atoms with van der Waals surface area (Å²) in [5, 5.41) is 8.52. The molecule has 0 aliphatic rings. The van der Waals surface area contributed by atoms with Crippen molar-refractivity contribution in [2.75, 3.05) is 6.61 Å². The molecule has 0 aliphatic carbocycles. The minimum absolute atomic E-state index is 0.0479. The molecule has 2 nitrogen and oxygen atoms in total. The van der Waals surface area contributed by atoms with E-state index in [1.807, 2.05) is 0 Å². The zero-order valence-corrected chi connectivity index (χ0v) is 14.0. The molecule has 0 amide bonds. The quantitative estimate of drug-likeness (QED) is 0.437. The molecule has 0 unspecified atom stereocenters. The Labute approximate surface area is 158 Å². The van der Waals surface area contributed by atoms with Crippen LogP contribution in [0.1, 0.15) is 12.0 Å². The number of benzene rings is 1. The van der Waals surface area contributed by atoms with Crippen LogP contribution in [0.3, 0.4) is 0 Å². The number of rotatable bonds is 8. The van der Waals surface area contributed by atoms with Gasteiger partial charge < -0.3 is 4.74 Å². The van der Waals surface area contributed by atoms with E-state index in [0.717, 1.165) is 24.3 Å². The monoisotopic (exact) mass is 465 g/mol. The van der Waals surface area contributed by atoms with Crippen molar-refractivity contribution >= 4 is 0 Å². The van der Waals surface area contributed by atoms with Crippen LogP contribution in [0.4, 0.5) is 57.1 Å². The van der Waals surface area contributed by atoms with Crippen LogP contribution in [0.25, 0.3) is 0 Å². The van der Waals surface area contributed by atoms with Crippen molar-refractivity contribution in [1.29, 1.82) is 5.26 Å². The first-order valence-corrected chi connectivity index (χ1v) is 7.35. The van der Waals surface area contributed by atoms with Crippen molar-refractivity contribution in [2.45, 2.75) is 42.2 Å². The third kappa shape index (κ3) is 4.08. The van der Waals surface area contributed by atoms with Crippen molar-refractivity contribution in [2.24, 2.45) is 0 Å². The molecular weight excluding hydrogens is 457 g/mol. The van der Waals surface area contributed by atoms with Crippen LogP contribution in [0.5, 0.6) is 5.75 Å². The lowest BCUT2D eigenvalue weighted by molar-refractivity contribution is -0.440. The Hall–Kier alpha value is -2.40. The van der Waals surface area contributed by atoms with Crippen molar-refractivity contribution in [3.63, 3.8) is 0 Å². The fourth-order valence-corrected chi connectivity index (χ4v) is 1.88. The summed E-state index contributed by atoms with van der Waals surface area (Å²) in [4.78, 5) is 0. The molecule has 15 heteroatoms.